The van der Waals surface area contributed by atoms with E-state index in [0.717, 1.165) is 79.9 Å². The number of nitrogens with zero attached hydrogens (tertiary/aromatic N) is 3. The average Bonchev–Trinajstić information content (AvgIpc) is 3.58. The van der Waals surface area contributed by atoms with Crippen molar-refractivity contribution in [2.75, 3.05) is 33.8 Å². The SMILES string of the molecule is CN(C)Cc1c(OCC2CC2)ccc2c(CCC3CCN(Cc4cccc(F)c4F)CC3)noc12.Cl.Cl. The van der Waals surface area contributed by atoms with Crippen LogP contribution in [0.15, 0.2) is 34.9 Å². The van der Waals surface area contributed by atoms with Crippen LogP contribution < -0.4 is 4.74 Å². The standard InChI is InChI=1S/C28H35F2N3O2.2ClH/c1-32(2)17-23-26(34-18-20-6-7-20)11-9-22-25(31-35-28(22)23)10-8-19-12-14-33(15-13-19)16-21-4-3-5-24(29)27(21)30;;/h3-5,9,11,19-20H,6-8,10,12-18H2,1-2H3;2*1H. The molecule has 2 heterocycles. The number of hydrogen-bond donors (Lipinski definition) is 0. The van der Waals surface area contributed by atoms with Gasteiger partial charge >= 0.3 is 0 Å². The maximum atomic E-state index is 14.0. The Hall–Kier alpha value is -1.93. The fraction of sp³-hybridized carbons (Fsp3) is 0.536. The molecule has 0 unspecified atom stereocenters. The lowest BCUT2D eigenvalue weighted by atomic mass is 9.91. The van der Waals surface area contributed by atoms with Gasteiger partial charge in [0.25, 0.3) is 0 Å². The highest BCUT2D eigenvalue weighted by Gasteiger charge is 2.25. The van der Waals surface area contributed by atoms with Gasteiger partial charge in [0.1, 0.15) is 5.75 Å². The molecule has 0 N–H and O–H groups in total. The zero-order valence-corrected chi connectivity index (χ0v) is 23.2. The second-order valence-corrected chi connectivity index (χ2v) is 10.5. The molecule has 2 aliphatic rings. The van der Waals surface area contributed by atoms with E-state index >= 15 is 0 Å². The maximum absolute atomic E-state index is 14.0. The number of likely N-dealkylation sites (tertiary alicyclic amines) is 1. The van der Waals surface area contributed by atoms with Crippen LogP contribution in [0.4, 0.5) is 8.78 Å². The second-order valence-electron chi connectivity index (χ2n) is 10.5. The highest BCUT2D eigenvalue weighted by atomic mass is 35.5. The van der Waals surface area contributed by atoms with Gasteiger partial charge < -0.3 is 14.2 Å². The Bertz CT molecular complexity index is 1160. The second kappa shape index (κ2) is 13.2. The van der Waals surface area contributed by atoms with Crippen molar-refractivity contribution in [3.8, 4) is 5.75 Å². The first-order chi connectivity index (χ1) is 17.0. The number of rotatable bonds is 10. The van der Waals surface area contributed by atoms with E-state index in [2.05, 4.69) is 41.2 Å². The van der Waals surface area contributed by atoms with Crippen molar-refractivity contribution < 1.29 is 18.0 Å². The molecule has 5 nitrogen and oxygen atoms in total. The number of halogens is 4. The summed E-state index contributed by atoms with van der Waals surface area (Å²) in [5.74, 6) is 0.706. The van der Waals surface area contributed by atoms with E-state index in [4.69, 9.17) is 9.26 Å². The highest BCUT2D eigenvalue weighted by molar-refractivity contribution is 5.86. The molecule has 0 spiro atoms. The zero-order chi connectivity index (χ0) is 24.4. The summed E-state index contributed by atoms with van der Waals surface area (Å²) in [5.41, 5.74) is 3.36. The first-order valence-corrected chi connectivity index (χ1v) is 12.8. The molecular formula is C28H37Cl2F2N3O2. The van der Waals surface area contributed by atoms with Crippen LogP contribution in [0.5, 0.6) is 5.75 Å². The van der Waals surface area contributed by atoms with Crippen LogP contribution in [0.2, 0.25) is 0 Å². The number of aromatic nitrogens is 1. The van der Waals surface area contributed by atoms with Crippen LogP contribution in [-0.4, -0.2) is 48.7 Å². The van der Waals surface area contributed by atoms with Crippen molar-refractivity contribution in [3.05, 3.63) is 58.8 Å². The van der Waals surface area contributed by atoms with Crippen LogP contribution in [0.25, 0.3) is 11.0 Å². The van der Waals surface area contributed by atoms with E-state index in [9.17, 15) is 8.78 Å². The van der Waals surface area contributed by atoms with Gasteiger partial charge in [-0.3, -0.25) is 4.90 Å². The molecule has 3 aromatic rings. The Kier molecular flexibility index (Phi) is 10.6. The molecule has 0 bridgehead atoms. The smallest absolute Gasteiger partial charge is 0.175 e. The number of piperidine rings is 1. The lowest BCUT2D eigenvalue weighted by Gasteiger charge is -2.32. The van der Waals surface area contributed by atoms with E-state index in [1.54, 1.807) is 12.1 Å². The van der Waals surface area contributed by atoms with Crippen molar-refractivity contribution in [1.82, 2.24) is 15.0 Å². The molecular weight excluding hydrogens is 519 g/mol. The first kappa shape index (κ1) is 29.6. The molecule has 5 rings (SSSR count). The van der Waals surface area contributed by atoms with Gasteiger partial charge in [-0.15, -0.1) is 24.8 Å². The van der Waals surface area contributed by atoms with Crippen LogP contribution >= 0.6 is 24.8 Å². The molecule has 9 heteroatoms. The fourth-order valence-corrected chi connectivity index (χ4v) is 5.05. The Morgan fingerprint density at radius 3 is 2.49 bits per heavy atom. The number of benzene rings is 2. The molecule has 2 fully saturated rings. The largest absolute Gasteiger partial charge is 0.493 e. The lowest BCUT2D eigenvalue weighted by molar-refractivity contribution is 0.170. The average molecular weight is 557 g/mol. The molecule has 0 atom stereocenters. The monoisotopic (exact) mass is 555 g/mol. The summed E-state index contributed by atoms with van der Waals surface area (Å²) < 4.78 is 39.5. The van der Waals surface area contributed by atoms with E-state index < -0.39 is 11.6 Å². The van der Waals surface area contributed by atoms with E-state index in [1.807, 2.05) is 0 Å². The van der Waals surface area contributed by atoms with Crippen molar-refractivity contribution in [2.24, 2.45) is 11.8 Å². The summed E-state index contributed by atoms with van der Waals surface area (Å²) >= 11 is 0. The number of hydrogen-bond acceptors (Lipinski definition) is 5. The molecule has 1 aromatic heterocycles. The van der Waals surface area contributed by atoms with Gasteiger partial charge in [-0.25, -0.2) is 8.78 Å². The lowest BCUT2D eigenvalue weighted by Crippen LogP contribution is -2.33. The Morgan fingerprint density at radius 1 is 1.03 bits per heavy atom. The molecule has 1 aliphatic carbocycles. The summed E-state index contributed by atoms with van der Waals surface area (Å²) in [6.45, 7) is 3.78. The maximum Gasteiger partial charge on any atom is 0.175 e. The molecule has 204 valence electrons. The van der Waals surface area contributed by atoms with Gasteiger partial charge in [0.05, 0.1) is 17.9 Å². The van der Waals surface area contributed by atoms with Gasteiger partial charge in [-0.2, -0.15) is 0 Å². The fourth-order valence-electron chi connectivity index (χ4n) is 5.05. The van der Waals surface area contributed by atoms with Crippen LogP contribution in [-0.2, 0) is 19.5 Å². The van der Waals surface area contributed by atoms with Crippen molar-refractivity contribution >= 4 is 35.8 Å². The van der Waals surface area contributed by atoms with Crippen molar-refractivity contribution in [1.29, 1.82) is 0 Å². The molecule has 0 radical (unpaired) electrons. The summed E-state index contributed by atoms with van der Waals surface area (Å²) in [4.78, 5) is 4.35. The Morgan fingerprint density at radius 2 is 1.78 bits per heavy atom. The number of fused-ring (bicyclic) bond motifs is 1. The predicted octanol–water partition coefficient (Wildman–Crippen LogP) is 6.64. The van der Waals surface area contributed by atoms with Gasteiger partial charge in [0, 0.05) is 24.0 Å². The third kappa shape index (κ3) is 7.34. The van der Waals surface area contributed by atoms with Gasteiger partial charge in [-0.1, -0.05) is 17.3 Å². The van der Waals surface area contributed by atoms with Crippen LogP contribution in [0.1, 0.15) is 48.9 Å². The van der Waals surface area contributed by atoms with Crippen molar-refractivity contribution in [3.63, 3.8) is 0 Å². The van der Waals surface area contributed by atoms with Gasteiger partial charge in [-0.05, 0) is 95.7 Å². The minimum atomic E-state index is -0.771. The molecule has 1 saturated heterocycles. The van der Waals surface area contributed by atoms with E-state index in [0.29, 0.717) is 23.9 Å². The minimum Gasteiger partial charge on any atom is -0.493 e. The zero-order valence-electron chi connectivity index (χ0n) is 21.6. The van der Waals surface area contributed by atoms with Crippen LogP contribution in [0, 0.1) is 23.5 Å². The summed E-state index contributed by atoms with van der Waals surface area (Å²) in [6, 6.07) is 8.60. The predicted molar refractivity (Wildman–Crippen MR) is 147 cm³/mol. The van der Waals surface area contributed by atoms with E-state index in [1.165, 1.54) is 18.9 Å². The topological polar surface area (TPSA) is 41.7 Å². The summed E-state index contributed by atoms with van der Waals surface area (Å²) in [6.07, 6.45) is 6.55. The third-order valence-electron chi connectivity index (χ3n) is 7.34. The molecule has 2 aromatic carbocycles. The minimum absolute atomic E-state index is 0. The third-order valence-corrected chi connectivity index (χ3v) is 7.34. The molecule has 1 aliphatic heterocycles. The van der Waals surface area contributed by atoms with Crippen molar-refractivity contribution in [2.45, 2.75) is 51.6 Å². The normalized spacial score (nSPS) is 16.6. The first-order valence-electron chi connectivity index (χ1n) is 12.8. The van der Waals surface area contributed by atoms with Crippen LogP contribution in [0.3, 0.4) is 0 Å². The van der Waals surface area contributed by atoms with Gasteiger partial charge in [0.2, 0.25) is 0 Å². The highest BCUT2D eigenvalue weighted by Crippen LogP contribution is 2.35. The number of ether oxygens (including phenoxy) is 1. The Balaban J connectivity index is 0.00000190. The molecule has 0 amide bonds. The summed E-state index contributed by atoms with van der Waals surface area (Å²) in [7, 11) is 4.10. The summed E-state index contributed by atoms with van der Waals surface area (Å²) in [5, 5.41) is 5.53. The Labute approximate surface area is 230 Å². The number of aryl methyl sites for hydroxylation is 1. The quantitative estimate of drug-likeness (QED) is 0.280. The molecule has 37 heavy (non-hydrogen) atoms. The molecule has 1 saturated carbocycles. The van der Waals surface area contributed by atoms with E-state index in [-0.39, 0.29) is 24.8 Å². The van der Waals surface area contributed by atoms with Gasteiger partial charge in [0.15, 0.2) is 17.2 Å².